The third-order valence-corrected chi connectivity index (χ3v) is 3.82. The highest BCUT2D eigenvalue weighted by atomic mass is 16.1. The van der Waals surface area contributed by atoms with Gasteiger partial charge in [-0.1, -0.05) is 18.2 Å². The summed E-state index contributed by atoms with van der Waals surface area (Å²) in [6, 6.07) is 14.0. The third-order valence-electron chi connectivity index (χ3n) is 3.82. The molecule has 134 valence electrons. The fourth-order valence-electron chi connectivity index (χ4n) is 2.69. The normalized spacial score (nSPS) is 10.9. The highest BCUT2D eigenvalue weighted by Gasteiger charge is 2.12. The highest BCUT2D eigenvalue weighted by molar-refractivity contribution is 5.78. The van der Waals surface area contributed by atoms with Crippen LogP contribution in [0.25, 0.3) is 16.9 Å². The summed E-state index contributed by atoms with van der Waals surface area (Å²) in [5, 5.41) is 10.8. The molecule has 3 aromatic rings. The molecule has 1 amide bonds. The first kappa shape index (κ1) is 17.8. The smallest absolute Gasteiger partial charge is 0.234 e. The predicted molar refractivity (Wildman–Crippen MR) is 102 cm³/mol. The minimum absolute atomic E-state index is 0.0130. The lowest BCUT2D eigenvalue weighted by Gasteiger charge is -2.09. The minimum atomic E-state index is -0.0130. The van der Waals surface area contributed by atoms with Crippen LogP contribution in [-0.2, 0) is 11.3 Å². The lowest BCUT2D eigenvalue weighted by molar-refractivity contribution is -0.120. The Hall–Kier alpha value is -2.99. The van der Waals surface area contributed by atoms with E-state index >= 15 is 0 Å². The summed E-state index contributed by atoms with van der Waals surface area (Å²) in [4.78, 5) is 15.9. The van der Waals surface area contributed by atoms with Crippen LogP contribution in [0.5, 0.6) is 0 Å². The van der Waals surface area contributed by atoms with Crippen LogP contribution < -0.4 is 10.6 Å². The van der Waals surface area contributed by atoms with Gasteiger partial charge >= 0.3 is 0 Å². The molecule has 0 spiro atoms. The van der Waals surface area contributed by atoms with Gasteiger partial charge < -0.3 is 10.6 Å². The molecule has 2 heterocycles. The number of hydrogen-bond donors (Lipinski definition) is 2. The van der Waals surface area contributed by atoms with E-state index in [4.69, 9.17) is 5.10 Å². The number of rotatable bonds is 7. The Labute approximate surface area is 153 Å². The topological polar surface area (TPSA) is 71.8 Å². The number of pyridine rings is 1. The third kappa shape index (κ3) is 4.55. The number of nitrogens with zero attached hydrogens (tertiary/aromatic N) is 3. The lowest BCUT2D eigenvalue weighted by Crippen LogP contribution is -2.37. The van der Waals surface area contributed by atoms with Crippen molar-refractivity contribution in [3.05, 3.63) is 66.6 Å². The van der Waals surface area contributed by atoms with Crippen molar-refractivity contribution in [2.24, 2.45) is 0 Å². The van der Waals surface area contributed by atoms with Gasteiger partial charge in [0.25, 0.3) is 0 Å². The van der Waals surface area contributed by atoms with E-state index in [-0.39, 0.29) is 18.5 Å². The largest absolute Gasteiger partial charge is 0.353 e. The molecule has 2 aromatic heterocycles. The van der Waals surface area contributed by atoms with E-state index in [9.17, 15) is 4.79 Å². The molecule has 6 nitrogen and oxygen atoms in total. The molecule has 3 rings (SSSR count). The Morgan fingerprint density at radius 1 is 1.12 bits per heavy atom. The molecule has 0 saturated carbocycles. The van der Waals surface area contributed by atoms with Crippen molar-refractivity contribution in [1.82, 2.24) is 25.4 Å². The van der Waals surface area contributed by atoms with E-state index in [0.717, 1.165) is 22.5 Å². The zero-order chi connectivity index (χ0) is 18.4. The zero-order valence-electron chi connectivity index (χ0n) is 15.0. The first-order chi connectivity index (χ1) is 12.6. The van der Waals surface area contributed by atoms with Crippen molar-refractivity contribution in [1.29, 1.82) is 0 Å². The molecular weight excluding hydrogens is 326 g/mol. The number of para-hydroxylation sites is 1. The van der Waals surface area contributed by atoms with Crippen LogP contribution in [0.3, 0.4) is 0 Å². The second-order valence-electron chi connectivity index (χ2n) is 6.34. The molecule has 0 aliphatic rings. The number of hydrogen-bond acceptors (Lipinski definition) is 4. The van der Waals surface area contributed by atoms with Crippen molar-refractivity contribution in [3.63, 3.8) is 0 Å². The first-order valence-corrected chi connectivity index (χ1v) is 8.68. The Kier molecular flexibility index (Phi) is 5.76. The standard InChI is InChI=1S/C20H23N5O/c1-15(2)23-19(26)13-22-12-17-14-25(18-6-4-3-5-7-18)24-20(17)16-8-10-21-11-9-16/h3-11,14-15,22H,12-13H2,1-2H3,(H,23,26). The molecule has 0 aliphatic carbocycles. The lowest BCUT2D eigenvalue weighted by atomic mass is 10.1. The van der Waals surface area contributed by atoms with Crippen LogP contribution in [0.15, 0.2) is 61.1 Å². The average Bonchev–Trinajstić information content (AvgIpc) is 3.07. The number of nitrogens with one attached hydrogen (secondary N) is 2. The second kappa shape index (κ2) is 8.40. The Morgan fingerprint density at radius 2 is 1.85 bits per heavy atom. The Bertz CT molecular complexity index is 843. The molecule has 0 radical (unpaired) electrons. The van der Waals surface area contributed by atoms with Crippen LogP contribution in [0.2, 0.25) is 0 Å². The van der Waals surface area contributed by atoms with Gasteiger partial charge in [0.15, 0.2) is 0 Å². The van der Waals surface area contributed by atoms with Crippen molar-refractivity contribution >= 4 is 5.91 Å². The van der Waals surface area contributed by atoms with Crippen molar-refractivity contribution in [2.75, 3.05) is 6.54 Å². The van der Waals surface area contributed by atoms with Gasteiger partial charge in [0.1, 0.15) is 0 Å². The van der Waals surface area contributed by atoms with E-state index in [0.29, 0.717) is 6.54 Å². The van der Waals surface area contributed by atoms with E-state index in [2.05, 4.69) is 15.6 Å². The summed E-state index contributed by atoms with van der Waals surface area (Å²) in [7, 11) is 0. The maximum Gasteiger partial charge on any atom is 0.234 e. The summed E-state index contributed by atoms with van der Waals surface area (Å²) < 4.78 is 1.86. The van der Waals surface area contributed by atoms with Gasteiger partial charge in [0, 0.05) is 42.3 Å². The van der Waals surface area contributed by atoms with Crippen molar-refractivity contribution in [2.45, 2.75) is 26.4 Å². The zero-order valence-corrected chi connectivity index (χ0v) is 15.0. The molecule has 0 aliphatic heterocycles. The van der Waals surface area contributed by atoms with Gasteiger partial charge in [-0.2, -0.15) is 5.10 Å². The molecule has 2 N–H and O–H groups in total. The monoisotopic (exact) mass is 349 g/mol. The molecule has 0 saturated heterocycles. The van der Waals surface area contributed by atoms with Gasteiger partial charge in [-0.25, -0.2) is 4.68 Å². The summed E-state index contributed by atoms with van der Waals surface area (Å²) >= 11 is 0. The number of carbonyl (C=O) groups excluding carboxylic acids is 1. The number of aromatic nitrogens is 3. The predicted octanol–water partition coefficient (Wildman–Crippen LogP) is 2.55. The SMILES string of the molecule is CC(C)NC(=O)CNCc1cn(-c2ccccc2)nc1-c1ccncc1. The number of benzene rings is 1. The number of carbonyl (C=O) groups is 1. The van der Waals surface area contributed by atoms with Gasteiger partial charge in [0.2, 0.25) is 5.91 Å². The second-order valence-corrected chi connectivity index (χ2v) is 6.34. The van der Waals surface area contributed by atoms with Crippen molar-refractivity contribution < 1.29 is 4.79 Å². The summed E-state index contributed by atoms with van der Waals surface area (Å²) in [5.41, 5.74) is 3.90. The number of amides is 1. The summed E-state index contributed by atoms with van der Waals surface area (Å²) in [5.74, 6) is -0.0130. The van der Waals surface area contributed by atoms with Gasteiger partial charge in [-0.3, -0.25) is 9.78 Å². The molecule has 0 unspecified atom stereocenters. The van der Waals surface area contributed by atoms with E-state index in [1.165, 1.54) is 0 Å². The van der Waals surface area contributed by atoms with E-state index in [1.54, 1.807) is 12.4 Å². The average molecular weight is 349 g/mol. The maximum absolute atomic E-state index is 11.8. The van der Waals surface area contributed by atoms with E-state index < -0.39 is 0 Å². The Balaban J connectivity index is 1.81. The van der Waals surface area contributed by atoms with Gasteiger partial charge in [0.05, 0.1) is 17.9 Å². The van der Waals surface area contributed by atoms with Crippen LogP contribution in [0.4, 0.5) is 0 Å². The fraction of sp³-hybridized carbons (Fsp3) is 0.250. The van der Waals surface area contributed by atoms with Crippen molar-refractivity contribution in [3.8, 4) is 16.9 Å². The highest BCUT2D eigenvalue weighted by Crippen LogP contribution is 2.23. The van der Waals surface area contributed by atoms with Crippen LogP contribution >= 0.6 is 0 Å². The maximum atomic E-state index is 11.8. The minimum Gasteiger partial charge on any atom is -0.353 e. The molecule has 26 heavy (non-hydrogen) atoms. The molecule has 0 bridgehead atoms. The van der Waals surface area contributed by atoms with Crippen LogP contribution in [-0.4, -0.2) is 33.3 Å². The molecule has 1 aromatic carbocycles. The first-order valence-electron chi connectivity index (χ1n) is 8.68. The van der Waals surface area contributed by atoms with Gasteiger partial charge in [-0.05, 0) is 38.1 Å². The van der Waals surface area contributed by atoms with Crippen LogP contribution in [0, 0.1) is 0 Å². The fourth-order valence-corrected chi connectivity index (χ4v) is 2.69. The Morgan fingerprint density at radius 3 is 2.54 bits per heavy atom. The molecule has 0 fully saturated rings. The molecule has 6 heteroatoms. The summed E-state index contributed by atoms with van der Waals surface area (Å²) in [6.07, 6.45) is 5.51. The summed E-state index contributed by atoms with van der Waals surface area (Å²) in [6.45, 7) is 4.72. The van der Waals surface area contributed by atoms with Crippen LogP contribution in [0.1, 0.15) is 19.4 Å². The van der Waals surface area contributed by atoms with E-state index in [1.807, 2.05) is 67.2 Å². The molecule has 0 atom stereocenters. The molecular formula is C20H23N5O. The quantitative estimate of drug-likeness (QED) is 0.688. The van der Waals surface area contributed by atoms with Gasteiger partial charge in [-0.15, -0.1) is 0 Å².